The average molecular weight is 349 g/mol. The largest absolute Gasteiger partial charge is 0.0990 e. The molecule has 1 aromatic carbocycles. The molecule has 0 heterocycles. The Balaban J connectivity index is 0. The van der Waals surface area contributed by atoms with E-state index in [1.165, 1.54) is 11.1 Å². The molecule has 0 aliphatic carbocycles. The van der Waals surface area contributed by atoms with Crippen LogP contribution in [-0.4, -0.2) is 0 Å². The third-order valence-corrected chi connectivity index (χ3v) is 3.28. The average Bonchev–Trinajstić information content (AvgIpc) is 2.72. The highest BCUT2D eigenvalue weighted by molar-refractivity contribution is 5.46. The van der Waals surface area contributed by atoms with Crippen LogP contribution in [0, 0.1) is 11.8 Å². The molecule has 1 rings (SSSR count). The first-order chi connectivity index (χ1) is 12.7. The lowest BCUT2D eigenvalue weighted by Gasteiger charge is -2.03. The van der Waals surface area contributed by atoms with Crippen molar-refractivity contribution in [3.63, 3.8) is 0 Å². The third-order valence-electron chi connectivity index (χ3n) is 3.28. The lowest BCUT2D eigenvalue weighted by molar-refractivity contribution is 0.962. The van der Waals surface area contributed by atoms with Crippen molar-refractivity contribution in [2.45, 2.75) is 54.4 Å². The molecule has 0 fully saturated rings. The second-order valence-corrected chi connectivity index (χ2v) is 4.87. The van der Waals surface area contributed by atoms with E-state index in [9.17, 15) is 0 Å². The van der Waals surface area contributed by atoms with Crippen LogP contribution >= 0.6 is 0 Å². The summed E-state index contributed by atoms with van der Waals surface area (Å²) >= 11 is 0. The molecule has 0 N–H and O–H groups in total. The fraction of sp³-hybridized carbons (Fsp3) is 0.308. The van der Waals surface area contributed by atoms with Gasteiger partial charge in [-0.2, -0.15) is 0 Å². The Kier molecular flexibility index (Phi) is 18.6. The second kappa shape index (κ2) is 18.8. The van der Waals surface area contributed by atoms with Crippen molar-refractivity contribution in [2.24, 2.45) is 0 Å². The number of benzene rings is 1. The molecule has 0 heteroatoms. The van der Waals surface area contributed by atoms with Gasteiger partial charge >= 0.3 is 0 Å². The summed E-state index contributed by atoms with van der Waals surface area (Å²) in [5, 5.41) is 0. The summed E-state index contributed by atoms with van der Waals surface area (Å²) in [6, 6.07) is 8.44. The van der Waals surface area contributed by atoms with Gasteiger partial charge in [0.05, 0.1) is 0 Å². The topological polar surface area (TPSA) is 0 Å². The molecule has 0 saturated carbocycles. The Morgan fingerprint density at radius 3 is 2.08 bits per heavy atom. The maximum absolute atomic E-state index is 3.74. The van der Waals surface area contributed by atoms with Gasteiger partial charge in [-0.1, -0.05) is 101 Å². The highest BCUT2D eigenvalue weighted by atomic mass is 14.0. The minimum Gasteiger partial charge on any atom is -0.0990 e. The first-order valence-electron chi connectivity index (χ1n) is 9.57. The molecule has 0 unspecified atom stereocenters. The first kappa shape index (κ1) is 25.7. The van der Waals surface area contributed by atoms with Crippen molar-refractivity contribution in [1.82, 2.24) is 0 Å². The maximum atomic E-state index is 3.74. The molecular weight excluding hydrogens is 312 g/mol. The summed E-state index contributed by atoms with van der Waals surface area (Å²) in [5.41, 5.74) is 4.60. The van der Waals surface area contributed by atoms with Crippen LogP contribution in [0.5, 0.6) is 0 Å². The monoisotopic (exact) mass is 348 g/mol. The fourth-order valence-corrected chi connectivity index (χ4v) is 2.01. The minimum atomic E-state index is 0.878. The second-order valence-electron chi connectivity index (χ2n) is 4.87. The number of rotatable bonds is 6. The molecule has 1 aromatic rings. The lowest BCUT2D eigenvalue weighted by atomic mass is 10.0. The molecule has 0 amide bonds. The zero-order valence-electron chi connectivity index (χ0n) is 17.6. The van der Waals surface area contributed by atoms with E-state index in [1.807, 2.05) is 33.8 Å². The molecule has 0 radical (unpaired) electrons. The highest BCUT2D eigenvalue weighted by Crippen LogP contribution is 2.11. The SMILES string of the molecule is C=C/C=C(/C#Cc1ccc(CCC(/C=C\C)=C/C)cc1)C=C.CC.CC. The Morgan fingerprint density at radius 2 is 1.62 bits per heavy atom. The fourth-order valence-electron chi connectivity index (χ4n) is 2.01. The van der Waals surface area contributed by atoms with E-state index < -0.39 is 0 Å². The Bertz CT molecular complexity index is 638. The van der Waals surface area contributed by atoms with E-state index >= 15 is 0 Å². The summed E-state index contributed by atoms with van der Waals surface area (Å²) in [5.74, 6) is 6.23. The minimum absolute atomic E-state index is 0.878. The van der Waals surface area contributed by atoms with E-state index in [4.69, 9.17) is 0 Å². The van der Waals surface area contributed by atoms with Gasteiger partial charge in [-0.25, -0.2) is 0 Å². The molecule has 0 bridgehead atoms. The smallest absolute Gasteiger partial charge is 0.0249 e. The summed E-state index contributed by atoms with van der Waals surface area (Å²) in [7, 11) is 0. The van der Waals surface area contributed by atoms with E-state index in [2.05, 4.69) is 81.3 Å². The van der Waals surface area contributed by atoms with E-state index in [0.717, 1.165) is 24.0 Å². The molecule has 26 heavy (non-hydrogen) atoms. The summed E-state index contributed by atoms with van der Waals surface area (Å²) in [6.45, 7) is 19.5. The number of hydrogen-bond donors (Lipinski definition) is 0. The van der Waals surface area contributed by atoms with Gasteiger partial charge in [0, 0.05) is 11.1 Å². The number of allylic oxidation sites excluding steroid dienone is 8. The maximum Gasteiger partial charge on any atom is 0.0249 e. The van der Waals surface area contributed by atoms with Gasteiger partial charge in [0.1, 0.15) is 0 Å². The predicted octanol–water partition coefficient (Wildman–Crippen LogP) is 7.84. The van der Waals surface area contributed by atoms with Crippen molar-refractivity contribution in [3.05, 3.63) is 96.2 Å². The Hall–Kier alpha value is -2.52. The standard InChI is InChI=1S/C22H24.2C2H6/c1-5-9-19(7-3)11-13-21-15-17-22(18-16-21)14-12-20(8-4)10-6-2;2*1-2/h5-10,15-18H,1,3,12,14H2,2,4H3;2*1-2H3/b10-6-,19-9+,20-8+;;. The van der Waals surface area contributed by atoms with Crippen molar-refractivity contribution in [1.29, 1.82) is 0 Å². The number of aryl methyl sites for hydroxylation is 1. The first-order valence-corrected chi connectivity index (χ1v) is 9.57. The van der Waals surface area contributed by atoms with Crippen molar-refractivity contribution < 1.29 is 0 Å². The summed E-state index contributed by atoms with van der Waals surface area (Å²) < 4.78 is 0. The van der Waals surface area contributed by atoms with Crippen molar-refractivity contribution >= 4 is 0 Å². The van der Waals surface area contributed by atoms with Crippen LogP contribution in [-0.2, 0) is 6.42 Å². The lowest BCUT2D eigenvalue weighted by Crippen LogP contribution is -1.88. The van der Waals surface area contributed by atoms with Crippen LogP contribution < -0.4 is 0 Å². The van der Waals surface area contributed by atoms with Gasteiger partial charge < -0.3 is 0 Å². The molecule has 140 valence electrons. The quantitative estimate of drug-likeness (QED) is 0.363. The van der Waals surface area contributed by atoms with E-state index in [1.54, 1.807) is 12.2 Å². The van der Waals surface area contributed by atoms with Gasteiger partial charge in [0.25, 0.3) is 0 Å². The third kappa shape index (κ3) is 11.9. The summed E-state index contributed by atoms with van der Waals surface area (Å²) in [4.78, 5) is 0. The van der Waals surface area contributed by atoms with Crippen LogP contribution in [0.15, 0.2) is 85.0 Å². The highest BCUT2D eigenvalue weighted by Gasteiger charge is 1.96. The molecule has 0 spiro atoms. The van der Waals surface area contributed by atoms with Crippen LogP contribution in [0.1, 0.15) is 59.1 Å². The van der Waals surface area contributed by atoms with Crippen LogP contribution in [0.3, 0.4) is 0 Å². The zero-order valence-corrected chi connectivity index (χ0v) is 17.6. The molecule has 0 nitrogen and oxygen atoms in total. The van der Waals surface area contributed by atoms with Crippen molar-refractivity contribution in [2.75, 3.05) is 0 Å². The molecule has 0 aliphatic rings. The van der Waals surface area contributed by atoms with Gasteiger partial charge in [-0.05, 0) is 50.5 Å². The van der Waals surface area contributed by atoms with Gasteiger partial charge in [0.2, 0.25) is 0 Å². The predicted molar refractivity (Wildman–Crippen MR) is 121 cm³/mol. The molecular formula is C26H36. The summed E-state index contributed by atoms with van der Waals surface area (Å²) in [6.07, 6.45) is 13.9. The van der Waals surface area contributed by atoms with Gasteiger partial charge in [-0.3, -0.25) is 0 Å². The van der Waals surface area contributed by atoms with E-state index in [-0.39, 0.29) is 0 Å². The normalized spacial score (nSPS) is 10.5. The molecule has 0 aliphatic heterocycles. The van der Waals surface area contributed by atoms with Gasteiger partial charge in [0.15, 0.2) is 0 Å². The van der Waals surface area contributed by atoms with Gasteiger partial charge in [-0.15, -0.1) is 0 Å². The van der Waals surface area contributed by atoms with E-state index in [0.29, 0.717) is 0 Å². The van der Waals surface area contributed by atoms with Crippen LogP contribution in [0.4, 0.5) is 0 Å². The number of hydrogen-bond acceptors (Lipinski definition) is 0. The Morgan fingerprint density at radius 1 is 1.00 bits per heavy atom. The van der Waals surface area contributed by atoms with Crippen LogP contribution in [0.2, 0.25) is 0 Å². The molecule has 0 aromatic heterocycles. The zero-order chi connectivity index (χ0) is 20.2. The molecule has 0 atom stereocenters. The Labute approximate surface area is 162 Å². The van der Waals surface area contributed by atoms with Crippen molar-refractivity contribution in [3.8, 4) is 11.8 Å². The molecule has 0 saturated heterocycles. The van der Waals surface area contributed by atoms with Crippen LogP contribution in [0.25, 0.3) is 0 Å².